The number of nitro benzene ring substituents is 1. The molecule has 2 aromatic heterocycles. The van der Waals surface area contributed by atoms with Crippen LogP contribution in [0.2, 0.25) is 0 Å². The standard InChI is InChI=1S/C20H18N6O5/c1-9-5-11(26(28)29)6-13-17(9)23-20(24-18(13)27)25-19-21-10(2)12-7-15(30-3)16(31-4)8-14(12)22-19/h5-8H,1-4H3,(H2,21,22,23,24,25,27). The van der Waals surface area contributed by atoms with Crippen LogP contribution >= 0.6 is 0 Å². The molecule has 0 spiro atoms. The van der Waals surface area contributed by atoms with Gasteiger partial charge >= 0.3 is 0 Å². The molecular formula is C20H18N6O5. The quantitative estimate of drug-likeness (QED) is 0.366. The molecule has 2 heterocycles. The van der Waals surface area contributed by atoms with Crippen molar-refractivity contribution in [1.82, 2.24) is 19.9 Å². The Hall–Kier alpha value is -4.28. The first-order chi connectivity index (χ1) is 14.8. The van der Waals surface area contributed by atoms with Crippen molar-refractivity contribution in [3.05, 3.63) is 56.0 Å². The van der Waals surface area contributed by atoms with Crippen molar-refractivity contribution < 1.29 is 14.4 Å². The zero-order valence-electron chi connectivity index (χ0n) is 17.1. The maximum absolute atomic E-state index is 12.5. The van der Waals surface area contributed by atoms with Gasteiger partial charge in [0.1, 0.15) is 0 Å². The molecule has 0 aliphatic heterocycles. The molecule has 0 unspecified atom stereocenters. The second-order valence-corrected chi connectivity index (χ2v) is 6.81. The van der Waals surface area contributed by atoms with Gasteiger partial charge in [-0.25, -0.2) is 15.0 Å². The van der Waals surface area contributed by atoms with E-state index in [4.69, 9.17) is 9.47 Å². The van der Waals surface area contributed by atoms with Crippen LogP contribution in [0.25, 0.3) is 21.8 Å². The number of non-ortho nitro benzene ring substituents is 1. The highest BCUT2D eigenvalue weighted by molar-refractivity contribution is 5.86. The second kappa shape index (κ2) is 7.52. The minimum atomic E-state index is -0.549. The van der Waals surface area contributed by atoms with Gasteiger partial charge in [0.15, 0.2) is 11.5 Å². The van der Waals surface area contributed by atoms with Gasteiger partial charge in [0.2, 0.25) is 11.9 Å². The second-order valence-electron chi connectivity index (χ2n) is 6.81. The molecule has 0 bridgehead atoms. The summed E-state index contributed by atoms with van der Waals surface area (Å²) in [5.41, 5.74) is 1.47. The fourth-order valence-electron chi connectivity index (χ4n) is 3.33. The predicted octanol–water partition coefficient (Wildman–Crippen LogP) is 3.15. The van der Waals surface area contributed by atoms with E-state index in [1.807, 2.05) is 6.92 Å². The molecule has 4 aromatic rings. The van der Waals surface area contributed by atoms with Crippen LogP contribution in [0.3, 0.4) is 0 Å². The van der Waals surface area contributed by atoms with Crippen molar-refractivity contribution in [3.63, 3.8) is 0 Å². The lowest BCUT2D eigenvalue weighted by Crippen LogP contribution is -2.13. The Balaban J connectivity index is 1.80. The smallest absolute Gasteiger partial charge is 0.270 e. The summed E-state index contributed by atoms with van der Waals surface area (Å²) in [5, 5.41) is 14.9. The normalized spacial score (nSPS) is 11.0. The van der Waals surface area contributed by atoms with Crippen LogP contribution in [0.15, 0.2) is 29.1 Å². The number of anilines is 2. The first-order valence-electron chi connectivity index (χ1n) is 9.17. The van der Waals surface area contributed by atoms with Crippen LogP contribution in [0.4, 0.5) is 17.6 Å². The number of nitro groups is 1. The van der Waals surface area contributed by atoms with E-state index in [2.05, 4.69) is 25.3 Å². The Bertz CT molecular complexity index is 1420. The largest absolute Gasteiger partial charge is 0.493 e. The number of benzene rings is 2. The fraction of sp³-hybridized carbons (Fsp3) is 0.200. The Morgan fingerprint density at radius 3 is 2.39 bits per heavy atom. The molecule has 0 aliphatic rings. The molecular weight excluding hydrogens is 404 g/mol. The van der Waals surface area contributed by atoms with Gasteiger partial charge in [0.05, 0.1) is 41.3 Å². The Morgan fingerprint density at radius 2 is 1.71 bits per heavy atom. The maximum atomic E-state index is 12.5. The van der Waals surface area contributed by atoms with Crippen LogP contribution in [-0.4, -0.2) is 39.1 Å². The van der Waals surface area contributed by atoms with E-state index in [0.29, 0.717) is 33.8 Å². The molecule has 0 aliphatic carbocycles. The number of rotatable bonds is 5. The van der Waals surface area contributed by atoms with Crippen LogP contribution in [0, 0.1) is 24.0 Å². The van der Waals surface area contributed by atoms with E-state index in [0.717, 1.165) is 5.39 Å². The van der Waals surface area contributed by atoms with Gasteiger partial charge in [-0.05, 0) is 25.5 Å². The van der Waals surface area contributed by atoms with E-state index >= 15 is 0 Å². The summed E-state index contributed by atoms with van der Waals surface area (Å²) in [4.78, 5) is 38.9. The highest BCUT2D eigenvalue weighted by atomic mass is 16.6. The lowest BCUT2D eigenvalue weighted by Gasteiger charge is -2.12. The zero-order chi connectivity index (χ0) is 22.3. The number of hydrogen-bond acceptors (Lipinski definition) is 9. The number of aryl methyl sites for hydroxylation is 2. The van der Waals surface area contributed by atoms with Crippen molar-refractivity contribution >= 4 is 39.4 Å². The number of nitrogens with one attached hydrogen (secondary N) is 2. The average Bonchev–Trinajstić information content (AvgIpc) is 2.73. The number of H-pyrrole nitrogens is 1. The summed E-state index contributed by atoms with van der Waals surface area (Å²) in [7, 11) is 3.08. The van der Waals surface area contributed by atoms with Crippen LogP contribution in [0.5, 0.6) is 11.5 Å². The SMILES string of the molecule is COc1cc2nc(Nc3nc4c(C)cc([N+](=O)[O-])cc4c(=O)[nH]3)nc(C)c2cc1OC. The maximum Gasteiger partial charge on any atom is 0.270 e. The minimum absolute atomic E-state index is 0.119. The Kier molecular flexibility index (Phi) is 4.85. The molecule has 2 N–H and O–H groups in total. The zero-order valence-corrected chi connectivity index (χ0v) is 17.1. The molecule has 4 rings (SSSR count). The predicted molar refractivity (Wildman–Crippen MR) is 114 cm³/mol. The van der Waals surface area contributed by atoms with E-state index in [9.17, 15) is 14.9 Å². The summed E-state index contributed by atoms with van der Waals surface area (Å²) in [6.07, 6.45) is 0. The number of methoxy groups -OCH3 is 2. The summed E-state index contributed by atoms with van der Waals surface area (Å²) < 4.78 is 10.7. The van der Waals surface area contributed by atoms with Crippen molar-refractivity contribution in [2.24, 2.45) is 0 Å². The summed E-state index contributed by atoms with van der Waals surface area (Å²) in [6, 6.07) is 6.09. The van der Waals surface area contributed by atoms with Gasteiger partial charge in [-0.2, -0.15) is 0 Å². The van der Waals surface area contributed by atoms with Crippen molar-refractivity contribution in [2.75, 3.05) is 19.5 Å². The third-order valence-electron chi connectivity index (χ3n) is 4.82. The van der Waals surface area contributed by atoms with Crippen molar-refractivity contribution in [3.8, 4) is 11.5 Å². The molecule has 2 aromatic carbocycles. The van der Waals surface area contributed by atoms with Gasteiger partial charge in [-0.3, -0.25) is 25.2 Å². The molecule has 158 valence electrons. The summed E-state index contributed by atoms with van der Waals surface area (Å²) in [6.45, 7) is 3.48. The number of nitrogens with zero attached hydrogens (tertiary/aromatic N) is 4. The molecule has 0 saturated carbocycles. The summed E-state index contributed by atoms with van der Waals surface area (Å²) in [5.74, 6) is 1.42. The van der Waals surface area contributed by atoms with E-state index < -0.39 is 10.5 Å². The fourth-order valence-corrected chi connectivity index (χ4v) is 3.33. The number of ether oxygens (including phenoxy) is 2. The number of aromatic amines is 1. The first-order valence-corrected chi connectivity index (χ1v) is 9.17. The third kappa shape index (κ3) is 3.56. The van der Waals surface area contributed by atoms with Gasteiger partial charge < -0.3 is 9.47 Å². The Morgan fingerprint density at radius 1 is 1.00 bits per heavy atom. The topological polar surface area (TPSA) is 145 Å². The molecule has 0 saturated heterocycles. The van der Waals surface area contributed by atoms with Crippen LogP contribution in [0.1, 0.15) is 11.3 Å². The molecule has 0 amide bonds. The van der Waals surface area contributed by atoms with Crippen LogP contribution < -0.4 is 20.3 Å². The van der Waals surface area contributed by atoms with Gasteiger partial charge in [0, 0.05) is 23.6 Å². The highest BCUT2D eigenvalue weighted by Gasteiger charge is 2.15. The lowest BCUT2D eigenvalue weighted by molar-refractivity contribution is -0.384. The third-order valence-corrected chi connectivity index (χ3v) is 4.82. The number of aromatic nitrogens is 4. The lowest BCUT2D eigenvalue weighted by atomic mass is 10.1. The molecule has 11 heteroatoms. The van der Waals surface area contributed by atoms with Crippen LogP contribution in [-0.2, 0) is 0 Å². The minimum Gasteiger partial charge on any atom is -0.493 e. The molecule has 0 fully saturated rings. The molecule has 0 atom stereocenters. The van der Waals surface area contributed by atoms with E-state index in [1.165, 1.54) is 19.2 Å². The molecule has 31 heavy (non-hydrogen) atoms. The van der Waals surface area contributed by atoms with Crippen molar-refractivity contribution in [1.29, 1.82) is 0 Å². The highest BCUT2D eigenvalue weighted by Crippen LogP contribution is 2.33. The number of fused-ring (bicyclic) bond motifs is 2. The van der Waals surface area contributed by atoms with E-state index in [-0.39, 0.29) is 23.0 Å². The molecule has 11 nitrogen and oxygen atoms in total. The average molecular weight is 422 g/mol. The van der Waals surface area contributed by atoms with Crippen molar-refractivity contribution in [2.45, 2.75) is 13.8 Å². The Labute approximate surface area is 175 Å². The first kappa shape index (κ1) is 20.0. The molecule has 0 radical (unpaired) electrons. The summed E-state index contributed by atoms with van der Waals surface area (Å²) >= 11 is 0. The van der Waals surface area contributed by atoms with Gasteiger partial charge in [-0.1, -0.05) is 0 Å². The number of hydrogen-bond donors (Lipinski definition) is 2. The van der Waals surface area contributed by atoms with E-state index in [1.54, 1.807) is 26.2 Å². The van der Waals surface area contributed by atoms with Gasteiger partial charge in [-0.15, -0.1) is 0 Å². The van der Waals surface area contributed by atoms with Gasteiger partial charge in [0.25, 0.3) is 11.2 Å². The monoisotopic (exact) mass is 422 g/mol.